The number of rotatable bonds is 9. The molecular weight excluding hydrogens is 506 g/mol. The van der Waals surface area contributed by atoms with Gasteiger partial charge in [0.15, 0.2) is 0 Å². The van der Waals surface area contributed by atoms with Gasteiger partial charge in [-0.2, -0.15) is 0 Å². The van der Waals surface area contributed by atoms with Crippen LogP contribution in [0.15, 0.2) is 109 Å². The van der Waals surface area contributed by atoms with Gasteiger partial charge in [-0.1, -0.05) is 71.1 Å². The fourth-order valence-electron chi connectivity index (χ4n) is 4.77. The number of hydrogen-bond donors (Lipinski definition) is 0. The summed E-state index contributed by atoms with van der Waals surface area (Å²) >= 11 is 0. The topological polar surface area (TPSA) is 61.4 Å². The zero-order valence-corrected chi connectivity index (χ0v) is 21.7. The van der Waals surface area contributed by atoms with E-state index in [0.717, 1.165) is 35.4 Å². The quantitative estimate of drug-likeness (QED) is 0.210. The zero-order chi connectivity index (χ0) is 27.3. The van der Waals surface area contributed by atoms with Crippen LogP contribution in [0.3, 0.4) is 0 Å². The maximum Gasteiger partial charge on any atom is 0.123 e. The van der Waals surface area contributed by atoms with Crippen LogP contribution < -0.4 is 0 Å². The Morgan fingerprint density at radius 2 is 0.850 bits per heavy atom. The van der Waals surface area contributed by atoms with E-state index in [4.69, 9.17) is 0 Å². The molecule has 0 unspecified atom stereocenters. The first-order valence-corrected chi connectivity index (χ1v) is 13.1. The molecule has 4 aromatic carbocycles. The Morgan fingerprint density at radius 1 is 0.475 bits per heavy atom. The minimum absolute atomic E-state index is 0.330. The smallest absolute Gasteiger partial charge is 0.123 e. The van der Waals surface area contributed by atoms with Crippen molar-refractivity contribution in [3.63, 3.8) is 0 Å². The van der Waals surface area contributed by atoms with Gasteiger partial charge in [0.1, 0.15) is 34.4 Å². The zero-order valence-electron chi connectivity index (χ0n) is 21.7. The Bertz CT molecular complexity index is 1560. The highest BCUT2D eigenvalue weighted by Gasteiger charge is 2.26. The van der Waals surface area contributed by atoms with E-state index >= 15 is 0 Å². The fraction of sp³-hybridized carbons (Fsp3) is 0.125. The maximum atomic E-state index is 13.8. The molecule has 6 rings (SSSR count). The average molecular weight is 533 g/mol. The first-order valence-electron chi connectivity index (χ1n) is 13.1. The van der Waals surface area contributed by atoms with E-state index < -0.39 is 0 Å². The molecule has 0 amide bonds. The predicted octanol–water partition coefficient (Wildman–Crippen LogP) is 6.63. The van der Waals surface area contributed by atoms with Crippen molar-refractivity contribution in [2.24, 2.45) is 0 Å². The SMILES string of the molecule is Fc1ccc(-c2nnn(CCc3ccccc3)c2-c2c(-c3ccc(F)cc3)nnn2CCc2ccccc2)cc1. The molecule has 0 saturated carbocycles. The van der Waals surface area contributed by atoms with Gasteiger partial charge in [-0.25, -0.2) is 18.1 Å². The van der Waals surface area contributed by atoms with E-state index in [1.807, 2.05) is 45.8 Å². The van der Waals surface area contributed by atoms with Crippen LogP contribution >= 0.6 is 0 Å². The van der Waals surface area contributed by atoms with Gasteiger partial charge in [0.2, 0.25) is 0 Å². The minimum Gasteiger partial charge on any atom is -0.242 e. The van der Waals surface area contributed by atoms with Gasteiger partial charge in [0.25, 0.3) is 0 Å². The fourth-order valence-corrected chi connectivity index (χ4v) is 4.77. The third kappa shape index (κ3) is 5.42. The number of nitrogens with zero attached hydrogens (tertiary/aromatic N) is 6. The normalized spacial score (nSPS) is 11.2. The van der Waals surface area contributed by atoms with Crippen LogP contribution in [0.2, 0.25) is 0 Å². The van der Waals surface area contributed by atoms with Crippen LogP contribution in [0.1, 0.15) is 11.1 Å². The van der Waals surface area contributed by atoms with Gasteiger partial charge in [-0.05, 0) is 72.5 Å². The molecule has 2 heterocycles. The Balaban J connectivity index is 1.49. The second-order valence-electron chi connectivity index (χ2n) is 9.50. The molecule has 0 aliphatic carbocycles. The molecule has 0 spiro atoms. The Kier molecular flexibility index (Phi) is 7.22. The molecule has 0 N–H and O–H groups in total. The van der Waals surface area contributed by atoms with Crippen LogP contribution in [-0.2, 0) is 25.9 Å². The van der Waals surface area contributed by atoms with Crippen molar-refractivity contribution in [2.45, 2.75) is 25.9 Å². The highest BCUT2D eigenvalue weighted by Crippen LogP contribution is 2.36. The van der Waals surface area contributed by atoms with Crippen molar-refractivity contribution >= 4 is 0 Å². The molecule has 0 fully saturated rings. The van der Waals surface area contributed by atoms with Gasteiger partial charge in [-0.3, -0.25) is 0 Å². The number of hydrogen-bond acceptors (Lipinski definition) is 4. The summed E-state index contributed by atoms with van der Waals surface area (Å²) in [5.74, 6) is -0.660. The molecule has 0 aliphatic heterocycles. The summed E-state index contributed by atoms with van der Waals surface area (Å²) in [6, 6.07) is 32.7. The van der Waals surface area contributed by atoms with Crippen LogP contribution in [0.5, 0.6) is 0 Å². The lowest BCUT2D eigenvalue weighted by Gasteiger charge is -2.13. The van der Waals surface area contributed by atoms with Gasteiger partial charge in [0, 0.05) is 24.2 Å². The minimum atomic E-state index is -0.330. The van der Waals surface area contributed by atoms with Crippen molar-refractivity contribution in [2.75, 3.05) is 0 Å². The summed E-state index contributed by atoms with van der Waals surface area (Å²) in [5, 5.41) is 18.2. The van der Waals surface area contributed by atoms with Gasteiger partial charge in [0.05, 0.1) is 0 Å². The molecule has 0 radical (unpaired) electrons. The summed E-state index contributed by atoms with van der Waals surface area (Å²) in [7, 11) is 0. The largest absolute Gasteiger partial charge is 0.242 e. The first kappa shape index (κ1) is 25.3. The molecule has 0 aliphatic rings. The van der Waals surface area contributed by atoms with Crippen molar-refractivity contribution in [3.05, 3.63) is 132 Å². The van der Waals surface area contributed by atoms with E-state index in [-0.39, 0.29) is 11.6 Å². The average Bonchev–Trinajstić information content (AvgIpc) is 3.60. The lowest BCUT2D eigenvalue weighted by atomic mass is 10.0. The molecule has 40 heavy (non-hydrogen) atoms. The highest BCUT2D eigenvalue weighted by molar-refractivity contribution is 5.84. The van der Waals surface area contributed by atoms with E-state index in [1.165, 1.54) is 35.4 Å². The lowest BCUT2D eigenvalue weighted by Crippen LogP contribution is -2.11. The molecule has 0 saturated heterocycles. The van der Waals surface area contributed by atoms with Crippen molar-refractivity contribution < 1.29 is 8.78 Å². The van der Waals surface area contributed by atoms with Crippen molar-refractivity contribution in [1.82, 2.24) is 30.0 Å². The van der Waals surface area contributed by atoms with Gasteiger partial charge in [-0.15, -0.1) is 10.2 Å². The van der Waals surface area contributed by atoms with Crippen molar-refractivity contribution in [1.29, 1.82) is 0 Å². The standard InChI is InChI=1S/C32H26F2N6/c33-27-15-11-25(12-16-27)29-31(39(37-35-29)21-19-23-7-3-1-4-8-23)32-30(26-13-17-28(34)18-14-26)36-38-40(32)22-20-24-9-5-2-6-10-24/h1-18H,19-22H2. The molecule has 0 bridgehead atoms. The maximum absolute atomic E-state index is 13.8. The number of benzene rings is 4. The monoisotopic (exact) mass is 532 g/mol. The van der Waals surface area contributed by atoms with Gasteiger partial charge >= 0.3 is 0 Å². The number of halogens is 2. The molecule has 0 atom stereocenters. The Labute approximate surface area is 230 Å². The van der Waals surface area contributed by atoms with Gasteiger partial charge < -0.3 is 0 Å². The summed E-state index contributed by atoms with van der Waals surface area (Å²) in [6.45, 7) is 1.11. The van der Waals surface area contributed by atoms with Crippen LogP contribution in [0.4, 0.5) is 8.78 Å². The number of aromatic nitrogens is 6. The second-order valence-corrected chi connectivity index (χ2v) is 9.50. The summed E-state index contributed by atoms with van der Waals surface area (Å²) in [5.41, 5.74) is 6.43. The second kappa shape index (κ2) is 11.4. The third-order valence-electron chi connectivity index (χ3n) is 6.84. The van der Waals surface area contributed by atoms with Crippen LogP contribution in [0.25, 0.3) is 33.9 Å². The Morgan fingerprint density at radius 3 is 1.23 bits per heavy atom. The number of aryl methyl sites for hydroxylation is 4. The molecule has 2 aromatic heterocycles. The van der Waals surface area contributed by atoms with E-state index in [0.29, 0.717) is 24.5 Å². The Hall–Kier alpha value is -4.98. The molecule has 198 valence electrons. The van der Waals surface area contributed by atoms with E-state index in [9.17, 15) is 8.78 Å². The van der Waals surface area contributed by atoms with Crippen LogP contribution in [-0.4, -0.2) is 30.0 Å². The summed E-state index contributed by atoms with van der Waals surface area (Å²) < 4.78 is 31.4. The first-order chi connectivity index (χ1) is 19.7. The molecular formula is C32H26F2N6. The summed E-state index contributed by atoms with van der Waals surface area (Å²) in [4.78, 5) is 0. The third-order valence-corrected chi connectivity index (χ3v) is 6.84. The predicted molar refractivity (Wildman–Crippen MR) is 150 cm³/mol. The molecule has 6 nitrogen and oxygen atoms in total. The van der Waals surface area contributed by atoms with E-state index in [2.05, 4.69) is 44.9 Å². The molecule has 6 aromatic rings. The van der Waals surface area contributed by atoms with E-state index in [1.54, 1.807) is 24.3 Å². The summed E-state index contributed by atoms with van der Waals surface area (Å²) in [6.07, 6.45) is 1.47. The highest BCUT2D eigenvalue weighted by atomic mass is 19.1. The van der Waals surface area contributed by atoms with Crippen molar-refractivity contribution in [3.8, 4) is 33.9 Å². The lowest BCUT2D eigenvalue weighted by molar-refractivity contribution is 0.572. The van der Waals surface area contributed by atoms with Crippen LogP contribution in [0, 0.1) is 11.6 Å². The molecule has 8 heteroatoms.